The predicted octanol–water partition coefficient (Wildman–Crippen LogP) is 2.42. The minimum Gasteiger partial charge on any atom is -0.342 e. The molecule has 0 N–H and O–H groups in total. The van der Waals surface area contributed by atoms with Gasteiger partial charge in [0.2, 0.25) is 11.8 Å². The van der Waals surface area contributed by atoms with E-state index in [0.29, 0.717) is 31.0 Å². The maximum absolute atomic E-state index is 12.9. The molecule has 2 saturated carbocycles. The number of carbonyl (C=O) groups is 2. The van der Waals surface area contributed by atoms with Gasteiger partial charge in [-0.15, -0.1) is 0 Å². The van der Waals surface area contributed by atoms with Crippen molar-refractivity contribution in [2.75, 3.05) is 13.1 Å². The monoisotopic (exact) mass is 292 g/mol. The molecule has 3 aliphatic rings. The summed E-state index contributed by atoms with van der Waals surface area (Å²) in [6.07, 6.45) is 7.60. The average molecular weight is 292 g/mol. The highest BCUT2D eigenvalue weighted by Crippen LogP contribution is 2.36. The van der Waals surface area contributed by atoms with Gasteiger partial charge in [-0.3, -0.25) is 9.59 Å². The maximum atomic E-state index is 12.9. The summed E-state index contributed by atoms with van der Waals surface area (Å²) >= 11 is 0. The van der Waals surface area contributed by atoms with E-state index in [1.54, 1.807) is 0 Å². The standard InChI is InChI=1S/C17H28N2O2/c1-12(2)10-18-11-13(9-16(18)20)17(21)19(15-7-8-15)14-5-3-4-6-14/h12-15H,3-11H2,1-2H3/t13-/m1/s1. The molecule has 4 nitrogen and oxygen atoms in total. The van der Waals surface area contributed by atoms with E-state index in [0.717, 1.165) is 6.54 Å². The Morgan fingerprint density at radius 2 is 1.81 bits per heavy atom. The van der Waals surface area contributed by atoms with Crippen molar-refractivity contribution in [2.45, 2.75) is 70.9 Å². The fraction of sp³-hybridized carbons (Fsp3) is 0.882. The second-order valence-electron chi connectivity index (χ2n) is 7.51. The molecule has 3 fully saturated rings. The largest absolute Gasteiger partial charge is 0.342 e. The quantitative estimate of drug-likeness (QED) is 0.781. The van der Waals surface area contributed by atoms with Crippen LogP contribution in [0.4, 0.5) is 0 Å². The fourth-order valence-corrected chi connectivity index (χ4v) is 3.96. The molecule has 0 unspecified atom stereocenters. The Morgan fingerprint density at radius 3 is 2.38 bits per heavy atom. The summed E-state index contributed by atoms with van der Waals surface area (Å²) in [7, 11) is 0. The maximum Gasteiger partial charge on any atom is 0.228 e. The highest BCUT2D eigenvalue weighted by Gasteiger charge is 2.44. The summed E-state index contributed by atoms with van der Waals surface area (Å²) in [5, 5.41) is 0. The molecule has 0 bridgehead atoms. The van der Waals surface area contributed by atoms with Crippen LogP contribution in [0.2, 0.25) is 0 Å². The van der Waals surface area contributed by atoms with Crippen molar-refractivity contribution in [1.82, 2.24) is 9.80 Å². The lowest BCUT2D eigenvalue weighted by molar-refractivity contribution is -0.138. The summed E-state index contributed by atoms with van der Waals surface area (Å²) in [6, 6.07) is 0.939. The first kappa shape index (κ1) is 14.9. The number of rotatable bonds is 5. The third-order valence-electron chi connectivity index (χ3n) is 5.06. The summed E-state index contributed by atoms with van der Waals surface area (Å²) in [6.45, 7) is 5.68. The molecule has 1 atom stereocenters. The molecule has 2 amide bonds. The van der Waals surface area contributed by atoms with Crippen molar-refractivity contribution in [3.05, 3.63) is 0 Å². The topological polar surface area (TPSA) is 40.6 Å². The minimum atomic E-state index is -0.0857. The van der Waals surface area contributed by atoms with Crippen molar-refractivity contribution in [2.24, 2.45) is 11.8 Å². The Kier molecular flexibility index (Phi) is 4.23. The lowest BCUT2D eigenvalue weighted by atomic mass is 10.0. The summed E-state index contributed by atoms with van der Waals surface area (Å²) in [5.41, 5.74) is 0. The van der Waals surface area contributed by atoms with Crippen LogP contribution in [0.25, 0.3) is 0 Å². The predicted molar refractivity (Wildman–Crippen MR) is 81.6 cm³/mol. The van der Waals surface area contributed by atoms with Crippen LogP contribution in [-0.4, -0.2) is 46.8 Å². The lowest BCUT2D eigenvalue weighted by Crippen LogP contribution is -2.44. The summed E-state index contributed by atoms with van der Waals surface area (Å²) < 4.78 is 0. The molecule has 21 heavy (non-hydrogen) atoms. The Hall–Kier alpha value is -1.06. The molecule has 1 aliphatic heterocycles. The first-order valence-electron chi connectivity index (χ1n) is 8.66. The van der Waals surface area contributed by atoms with Crippen molar-refractivity contribution in [3.63, 3.8) is 0 Å². The SMILES string of the molecule is CC(C)CN1C[C@H](C(=O)N(C2CCCC2)C2CC2)CC1=O. The van der Waals surface area contributed by atoms with E-state index in [4.69, 9.17) is 0 Å². The first-order chi connectivity index (χ1) is 10.1. The highest BCUT2D eigenvalue weighted by molar-refractivity contribution is 5.89. The average Bonchev–Trinajstić information content (AvgIpc) is 2.97. The van der Waals surface area contributed by atoms with Crippen LogP contribution >= 0.6 is 0 Å². The van der Waals surface area contributed by atoms with Gasteiger partial charge >= 0.3 is 0 Å². The van der Waals surface area contributed by atoms with E-state index >= 15 is 0 Å². The molecule has 4 heteroatoms. The molecule has 0 spiro atoms. The Balaban J connectivity index is 1.65. The number of hydrogen-bond acceptors (Lipinski definition) is 2. The number of carbonyl (C=O) groups excluding carboxylic acids is 2. The van der Waals surface area contributed by atoms with E-state index in [-0.39, 0.29) is 17.7 Å². The van der Waals surface area contributed by atoms with Gasteiger partial charge in [0, 0.05) is 31.6 Å². The normalized spacial score (nSPS) is 26.9. The van der Waals surface area contributed by atoms with Gasteiger partial charge in [-0.25, -0.2) is 0 Å². The minimum absolute atomic E-state index is 0.0857. The van der Waals surface area contributed by atoms with Crippen molar-refractivity contribution < 1.29 is 9.59 Å². The van der Waals surface area contributed by atoms with Crippen molar-refractivity contribution in [1.29, 1.82) is 0 Å². The van der Waals surface area contributed by atoms with E-state index in [9.17, 15) is 9.59 Å². The van der Waals surface area contributed by atoms with Gasteiger partial charge in [-0.1, -0.05) is 26.7 Å². The molecule has 0 radical (unpaired) electrons. The fourth-order valence-electron chi connectivity index (χ4n) is 3.96. The molecular formula is C17H28N2O2. The van der Waals surface area contributed by atoms with Crippen LogP contribution < -0.4 is 0 Å². The number of nitrogens with zero attached hydrogens (tertiary/aromatic N) is 2. The number of likely N-dealkylation sites (tertiary alicyclic amines) is 1. The Bertz CT molecular complexity index is 411. The van der Waals surface area contributed by atoms with Crippen molar-refractivity contribution in [3.8, 4) is 0 Å². The van der Waals surface area contributed by atoms with Crippen LogP contribution in [0.3, 0.4) is 0 Å². The molecular weight excluding hydrogens is 264 g/mol. The van der Waals surface area contributed by atoms with Gasteiger partial charge in [-0.2, -0.15) is 0 Å². The van der Waals surface area contributed by atoms with Crippen LogP contribution in [0.15, 0.2) is 0 Å². The van der Waals surface area contributed by atoms with Gasteiger partial charge in [0.15, 0.2) is 0 Å². The van der Waals surface area contributed by atoms with Gasteiger partial charge < -0.3 is 9.80 Å². The van der Waals surface area contributed by atoms with E-state index in [2.05, 4.69) is 18.7 Å². The molecule has 1 heterocycles. The van der Waals surface area contributed by atoms with Gasteiger partial charge in [0.25, 0.3) is 0 Å². The second kappa shape index (κ2) is 5.98. The summed E-state index contributed by atoms with van der Waals surface area (Å²) in [4.78, 5) is 29.1. The molecule has 3 rings (SSSR count). The first-order valence-corrected chi connectivity index (χ1v) is 8.66. The number of amides is 2. The molecule has 0 aromatic rings. The molecule has 0 aromatic heterocycles. The van der Waals surface area contributed by atoms with Gasteiger partial charge in [0.1, 0.15) is 0 Å². The smallest absolute Gasteiger partial charge is 0.228 e. The van der Waals surface area contributed by atoms with Crippen LogP contribution in [0.5, 0.6) is 0 Å². The zero-order valence-corrected chi connectivity index (χ0v) is 13.4. The van der Waals surface area contributed by atoms with Gasteiger partial charge in [0.05, 0.1) is 5.92 Å². The van der Waals surface area contributed by atoms with E-state index in [1.165, 1.54) is 38.5 Å². The highest BCUT2D eigenvalue weighted by atomic mass is 16.2. The Labute approximate surface area is 127 Å². The summed E-state index contributed by atoms with van der Waals surface area (Å²) in [5.74, 6) is 0.822. The van der Waals surface area contributed by atoms with Crippen LogP contribution in [-0.2, 0) is 9.59 Å². The Morgan fingerprint density at radius 1 is 1.19 bits per heavy atom. The third kappa shape index (κ3) is 3.24. The molecule has 2 aliphatic carbocycles. The molecule has 118 valence electrons. The third-order valence-corrected chi connectivity index (χ3v) is 5.06. The molecule has 0 aromatic carbocycles. The number of hydrogen-bond donors (Lipinski definition) is 0. The van der Waals surface area contributed by atoms with Crippen LogP contribution in [0.1, 0.15) is 58.8 Å². The van der Waals surface area contributed by atoms with E-state index in [1.807, 2.05) is 4.90 Å². The van der Waals surface area contributed by atoms with E-state index < -0.39 is 0 Å². The zero-order valence-electron chi connectivity index (χ0n) is 13.4. The molecule has 1 saturated heterocycles. The lowest BCUT2D eigenvalue weighted by Gasteiger charge is -2.31. The second-order valence-corrected chi connectivity index (χ2v) is 7.51. The van der Waals surface area contributed by atoms with Crippen molar-refractivity contribution >= 4 is 11.8 Å². The van der Waals surface area contributed by atoms with Crippen LogP contribution in [0, 0.1) is 11.8 Å². The zero-order chi connectivity index (χ0) is 15.0. The van der Waals surface area contributed by atoms with Gasteiger partial charge in [-0.05, 0) is 31.6 Å².